The molecule has 6 atom stereocenters. The highest BCUT2D eigenvalue weighted by Crippen LogP contribution is 2.59. The van der Waals surface area contributed by atoms with E-state index in [2.05, 4.69) is 0 Å². The van der Waals surface area contributed by atoms with Gasteiger partial charge in [-0.1, -0.05) is 72.4 Å². The number of hydrogen-bond donors (Lipinski definition) is 1. The van der Waals surface area contributed by atoms with E-state index in [1.807, 2.05) is 72.8 Å². The Morgan fingerprint density at radius 3 is 1.61 bits per heavy atom. The average molecular weight is 861 g/mol. The molecule has 64 heavy (non-hydrogen) atoms. The van der Waals surface area contributed by atoms with E-state index in [0.717, 1.165) is 28.3 Å². The van der Waals surface area contributed by atoms with Crippen LogP contribution in [0.25, 0.3) is 24.3 Å². The molecule has 11 nitrogen and oxygen atoms in total. The Labute approximate surface area is 369 Å². The van der Waals surface area contributed by atoms with Crippen molar-refractivity contribution in [2.24, 2.45) is 29.6 Å². The van der Waals surface area contributed by atoms with Gasteiger partial charge in [-0.25, -0.2) is 4.39 Å². The minimum absolute atomic E-state index is 0.124. The van der Waals surface area contributed by atoms with Crippen LogP contribution in [0.3, 0.4) is 0 Å². The van der Waals surface area contributed by atoms with Crippen LogP contribution in [0.4, 0.5) is 15.8 Å². The summed E-state index contributed by atoms with van der Waals surface area (Å²) in [5, 5.41) is 11.2. The van der Waals surface area contributed by atoms with E-state index >= 15 is 4.39 Å². The zero-order chi connectivity index (χ0) is 44.8. The molecule has 1 N–H and O–H groups in total. The first-order chi connectivity index (χ1) is 31.0. The molecular weight excluding hydrogens is 816 g/mol. The van der Waals surface area contributed by atoms with Crippen LogP contribution in [0.15, 0.2) is 115 Å². The highest BCUT2D eigenvalue weighted by atomic mass is 19.1. The van der Waals surface area contributed by atoms with Crippen molar-refractivity contribution >= 4 is 59.3 Å². The molecule has 4 amide bonds. The molecule has 12 heteroatoms. The first-order valence-corrected chi connectivity index (χ1v) is 21.0. The van der Waals surface area contributed by atoms with Crippen molar-refractivity contribution in [1.82, 2.24) is 0 Å². The molecule has 2 heterocycles. The maximum absolute atomic E-state index is 15.1. The van der Waals surface area contributed by atoms with Gasteiger partial charge < -0.3 is 24.1 Å². The average Bonchev–Trinajstić information content (AvgIpc) is 3.73. The molecule has 0 radical (unpaired) electrons. The molecule has 0 spiro atoms. The number of carbonyl (C=O) groups excluding carboxylic acids is 4. The van der Waals surface area contributed by atoms with Crippen LogP contribution in [0.2, 0.25) is 0 Å². The number of para-hydroxylation sites is 1. The Bertz CT molecular complexity index is 2780. The van der Waals surface area contributed by atoms with E-state index in [-0.39, 0.29) is 24.3 Å². The topological polar surface area (TPSA) is 132 Å². The number of anilines is 2. The van der Waals surface area contributed by atoms with Gasteiger partial charge in [0.1, 0.15) is 23.0 Å². The lowest BCUT2D eigenvalue weighted by Gasteiger charge is -2.44. The Hall–Kier alpha value is -7.47. The number of methoxy groups -OCH3 is 4. The molecule has 1 saturated carbocycles. The molecule has 2 aliphatic carbocycles. The fraction of sp³-hybridized carbons (Fsp3) is 0.231. The standard InChI is InChI=1S/C52H45FN2O9/c1-61-35-20-24-43(63-3)31(26-35)14-8-29-10-16-33(17-11-29)54-49(57)39-23-22-37-40(46(39)51(54)59)28-41-47(45(37)38-6-5-7-42(53)48(38)56)52(60)55(50(41)58)34-18-12-30(13-19-34)9-15-32-27-36(62-2)21-25-44(32)64-4/h5-22,24-27,39-41,45-47,56H,23,28H2,1-4H3/t39-,40+,41+,45+,46-,47+/m0/s1. The van der Waals surface area contributed by atoms with Gasteiger partial charge in [0.15, 0.2) is 11.6 Å². The molecule has 5 aromatic rings. The fourth-order valence-corrected chi connectivity index (χ4v) is 10.0. The summed E-state index contributed by atoms with van der Waals surface area (Å²) in [4.78, 5) is 60.4. The van der Waals surface area contributed by atoms with Crippen molar-refractivity contribution in [3.05, 3.63) is 148 Å². The third-order valence-electron chi connectivity index (χ3n) is 13.1. The Balaban J connectivity index is 1.00. The smallest absolute Gasteiger partial charge is 0.238 e. The lowest BCUT2D eigenvalue weighted by molar-refractivity contribution is -0.126. The second kappa shape index (κ2) is 17.0. The molecule has 5 aromatic carbocycles. The molecule has 9 rings (SSSR count). The number of halogens is 1. The van der Waals surface area contributed by atoms with Crippen LogP contribution in [0.5, 0.6) is 28.7 Å². The number of amides is 4. The van der Waals surface area contributed by atoms with E-state index in [1.54, 1.807) is 77.0 Å². The minimum Gasteiger partial charge on any atom is -0.505 e. The predicted octanol–water partition coefficient (Wildman–Crippen LogP) is 8.95. The fourth-order valence-electron chi connectivity index (χ4n) is 10.0. The molecule has 2 saturated heterocycles. The van der Waals surface area contributed by atoms with E-state index < -0.39 is 64.8 Å². The molecule has 3 fully saturated rings. The molecule has 0 bridgehead atoms. The lowest BCUT2D eigenvalue weighted by Crippen LogP contribution is -2.43. The molecule has 324 valence electrons. The zero-order valence-corrected chi connectivity index (χ0v) is 35.6. The van der Waals surface area contributed by atoms with Crippen LogP contribution in [-0.4, -0.2) is 57.2 Å². The normalized spacial score (nSPS) is 22.7. The summed E-state index contributed by atoms with van der Waals surface area (Å²) in [7, 11) is 6.35. The van der Waals surface area contributed by atoms with Crippen molar-refractivity contribution in [3.63, 3.8) is 0 Å². The maximum Gasteiger partial charge on any atom is 0.238 e. The molecule has 0 unspecified atom stereocenters. The number of benzene rings is 5. The third-order valence-corrected chi connectivity index (χ3v) is 13.1. The third kappa shape index (κ3) is 7.18. The first-order valence-electron chi connectivity index (χ1n) is 21.0. The minimum atomic E-state index is -0.986. The number of imide groups is 2. The van der Waals surface area contributed by atoms with E-state index in [1.165, 1.54) is 15.9 Å². The van der Waals surface area contributed by atoms with Gasteiger partial charge in [0.2, 0.25) is 23.6 Å². The predicted molar refractivity (Wildman–Crippen MR) is 240 cm³/mol. The Kier molecular flexibility index (Phi) is 11.1. The Morgan fingerprint density at radius 1 is 0.578 bits per heavy atom. The summed E-state index contributed by atoms with van der Waals surface area (Å²) < 4.78 is 36.9. The SMILES string of the molecule is COc1ccc(OC)c(C=Cc2ccc(N3C(=O)[C@H]4[C@H](CC=C5[C@H]4C[C@H]4C(=O)N(c6ccc(C=Cc7cc(OC)ccc7OC)cc6)C(=O)[C@H]4[C@H]5c4cccc(F)c4O)C3=O)cc2)c1. The summed E-state index contributed by atoms with van der Waals surface area (Å²) >= 11 is 0. The molecule has 2 aliphatic heterocycles. The number of aromatic hydroxyl groups is 1. The number of hydrogen-bond acceptors (Lipinski definition) is 9. The van der Waals surface area contributed by atoms with Crippen molar-refractivity contribution in [1.29, 1.82) is 0 Å². The summed E-state index contributed by atoms with van der Waals surface area (Å²) in [6, 6.07) is 29.2. The Morgan fingerprint density at radius 2 is 1.09 bits per heavy atom. The highest BCUT2D eigenvalue weighted by molar-refractivity contribution is 6.24. The number of carbonyl (C=O) groups is 4. The monoisotopic (exact) mass is 860 g/mol. The maximum atomic E-state index is 15.1. The van der Waals surface area contributed by atoms with Crippen LogP contribution in [0.1, 0.15) is 46.6 Å². The number of nitrogens with zero attached hydrogens (tertiary/aromatic N) is 2. The van der Waals surface area contributed by atoms with Gasteiger partial charge >= 0.3 is 0 Å². The van der Waals surface area contributed by atoms with Crippen molar-refractivity contribution in [2.45, 2.75) is 18.8 Å². The van der Waals surface area contributed by atoms with E-state index in [0.29, 0.717) is 39.9 Å². The number of ether oxygens (including phenoxy) is 4. The van der Waals surface area contributed by atoms with Gasteiger partial charge in [-0.15, -0.1) is 0 Å². The van der Waals surface area contributed by atoms with Crippen LogP contribution in [-0.2, 0) is 19.2 Å². The van der Waals surface area contributed by atoms with Gasteiger partial charge in [-0.05, 0) is 96.6 Å². The lowest BCUT2D eigenvalue weighted by atomic mass is 9.57. The van der Waals surface area contributed by atoms with E-state index in [9.17, 15) is 24.3 Å². The van der Waals surface area contributed by atoms with Crippen molar-refractivity contribution in [3.8, 4) is 28.7 Å². The van der Waals surface area contributed by atoms with Gasteiger partial charge in [-0.2, -0.15) is 0 Å². The summed E-state index contributed by atoms with van der Waals surface area (Å²) in [5.74, 6) is -5.49. The molecular formula is C52H45FN2O9. The summed E-state index contributed by atoms with van der Waals surface area (Å²) in [6.07, 6.45) is 9.72. The van der Waals surface area contributed by atoms with Crippen LogP contribution >= 0.6 is 0 Å². The molecule has 4 aliphatic rings. The second-order valence-corrected chi connectivity index (χ2v) is 16.3. The van der Waals surface area contributed by atoms with Gasteiger partial charge in [0.25, 0.3) is 0 Å². The number of rotatable bonds is 11. The first kappa shape index (κ1) is 41.9. The van der Waals surface area contributed by atoms with Crippen molar-refractivity contribution < 1.29 is 47.6 Å². The number of phenols is 1. The zero-order valence-electron chi connectivity index (χ0n) is 35.6. The largest absolute Gasteiger partial charge is 0.505 e. The number of allylic oxidation sites excluding steroid dienone is 2. The number of fused-ring (bicyclic) bond motifs is 4. The van der Waals surface area contributed by atoms with Gasteiger partial charge in [0.05, 0.1) is 63.5 Å². The van der Waals surface area contributed by atoms with Gasteiger partial charge in [-0.3, -0.25) is 29.0 Å². The molecule has 0 aromatic heterocycles. The van der Waals surface area contributed by atoms with Crippen LogP contribution < -0.4 is 28.7 Å². The van der Waals surface area contributed by atoms with Gasteiger partial charge in [0, 0.05) is 22.6 Å². The summed E-state index contributed by atoms with van der Waals surface area (Å²) in [5.41, 5.74) is 4.79. The quantitative estimate of drug-likeness (QED) is 0.0786. The second-order valence-electron chi connectivity index (χ2n) is 16.3. The number of phenolic OH excluding ortho intramolecular Hbond substituents is 1. The van der Waals surface area contributed by atoms with E-state index in [4.69, 9.17) is 18.9 Å². The summed E-state index contributed by atoms with van der Waals surface area (Å²) in [6.45, 7) is 0. The van der Waals surface area contributed by atoms with Crippen molar-refractivity contribution in [2.75, 3.05) is 38.2 Å². The highest BCUT2D eigenvalue weighted by Gasteiger charge is 2.62. The van der Waals surface area contributed by atoms with Crippen LogP contribution in [0, 0.1) is 35.4 Å².